The molecule has 3 heterocycles. The first kappa shape index (κ1) is 18.9. The van der Waals surface area contributed by atoms with E-state index in [1.165, 1.54) is 11.1 Å². The number of amides is 1. The molecule has 1 fully saturated rings. The van der Waals surface area contributed by atoms with Gasteiger partial charge in [-0.05, 0) is 35.6 Å². The molecule has 0 aliphatic carbocycles. The van der Waals surface area contributed by atoms with Crippen molar-refractivity contribution in [2.24, 2.45) is 0 Å². The number of aromatic nitrogens is 2. The van der Waals surface area contributed by atoms with Crippen LogP contribution in [0, 0.1) is 0 Å². The highest BCUT2D eigenvalue weighted by Gasteiger charge is 2.23. The molecular formula is C22H26N4OS. The number of fused-ring (bicyclic) bond motifs is 1. The number of benzene rings is 1. The summed E-state index contributed by atoms with van der Waals surface area (Å²) in [5.74, 6) is 0.789. The van der Waals surface area contributed by atoms with Gasteiger partial charge < -0.3 is 9.80 Å². The zero-order valence-corrected chi connectivity index (χ0v) is 17.3. The van der Waals surface area contributed by atoms with Gasteiger partial charge in [0.25, 0.3) is 0 Å². The van der Waals surface area contributed by atoms with Gasteiger partial charge in [-0.1, -0.05) is 49.4 Å². The van der Waals surface area contributed by atoms with Crippen LogP contribution < -0.4 is 4.90 Å². The van der Waals surface area contributed by atoms with Crippen molar-refractivity contribution in [1.82, 2.24) is 14.9 Å². The molecule has 0 unspecified atom stereocenters. The first-order chi connectivity index (χ1) is 13.6. The molecule has 1 aliphatic rings. The number of thiazole rings is 1. The quantitative estimate of drug-likeness (QED) is 0.654. The summed E-state index contributed by atoms with van der Waals surface area (Å²) in [5, 5.41) is 1.01. The molecule has 0 radical (unpaired) electrons. The van der Waals surface area contributed by atoms with Gasteiger partial charge in [0.15, 0.2) is 5.13 Å². The van der Waals surface area contributed by atoms with Crippen LogP contribution in [0.5, 0.6) is 0 Å². The number of hydrogen-bond acceptors (Lipinski definition) is 5. The molecule has 2 aromatic heterocycles. The van der Waals surface area contributed by atoms with Gasteiger partial charge in [0.05, 0.1) is 0 Å². The van der Waals surface area contributed by atoms with E-state index in [0.717, 1.165) is 48.1 Å². The van der Waals surface area contributed by atoms with Gasteiger partial charge in [-0.15, -0.1) is 0 Å². The Morgan fingerprint density at radius 3 is 2.54 bits per heavy atom. The lowest BCUT2D eigenvalue weighted by Crippen LogP contribution is -2.48. The molecule has 6 heteroatoms. The van der Waals surface area contributed by atoms with Crippen molar-refractivity contribution < 1.29 is 4.79 Å². The Morgan fingerprint density at radius 1 is 1.11 bits per heavy atom. The molecule has 3 aromatic rings. The summed E-state index contributed by atoms with van der Waals surface area (Å²) in [6.45, 7) is 7.57. The Hall–Kier alpha value is -2.47. The van der Waals surface area contributed by atoms with Crippen molar-refractivity contribution in [3.05, 3.63) is 53.7 Å². The summed E-state index contributed by atoms with van der Waals surface area (Å²) in [6, 6.07) is 12.6. The van der Waals surface area contributed by atoms with Crippen LogP contribution in [0.25, 0.3) is 10.3 Å². The second-order valence-corrected chi connectivity index (χ2v) is 8.54. The standard InChI is InChI=1S/C22H26N4OS/c1-16(2)18-8-5-17(6-9-18)7-10-20(27)25-12-14-26(15-13-25)22-24-19-4-3-11-23-21(19)28-22/h3-6,8-9,11,16H,7,10,12-15H2,1-2H3. The normalized spacial score (nSPS) is 14.8. The molecule has 0 bridgehead atoms. The summed E-state index contributed by atoms with van der Waals surface area (Å²) in [6.07, 6.45) is 3.18. The fourth-order valence-corrected chi connectivity index (χ4v) is 4.48. The van der Waals surface area contributed by atoms with Crippen molar-refractivity contribution >= 4 is 32.7 Å². The number of piperazine rings is 1. The SMILES string of the molecule is CC(C)c1ccc(CCC(=O)N2CCN(c3nc4cccnc4s3)CC2)cc1. The third kappa shape index (κ3) is 4.17. The Bertz CT molecular complexity index is 910. The third-order valence-corrected chi connectivity index (χ3v) is 6.37. The van der Waals surface area contributed by atoms with Crippen molar-refractivity contribution in [1.29, 1.82) is 0 Å². The predicted octanol–water partition coefficient (Wildman–Crippen LogP) is 4.10. The average molecular weight is 395 g/mol. The molecule has 1 aliphatic heterocycles. The lowest BCUT2D eigenvalue weighted by atomic mass is 10.00. The minimum absolute atomic E-state index is 0.249. The second-order valence-electron chi connectivity index (χ2n) is 7.59. The van der Waals surface area contributed by atoms with Gasteiger partial charge in [0, 0.05) is 38.8 Å². The number of rotatable bonds is 5. The third-order valence-electron chi connectivity index (χ3n) is 5.33. The maximum atomic E-state index is 12.6. The highest BCUT2D eigenvalue weighted by molar-refractivity contribution is 7.21. The van der Waals surface area contributed by atoms with Crippen molar-refractivity contribution in [2.45, 2.75) is 32.6 Å². The van der Waals surface area contributed by atoms with Gasteiger partial charge in [-0.2, -0.15) is 0 Å². The van der Waals surface area contributed by atoms with Crippen LogP contribution in [0.2, 0.25) is 0 Å². The number of hydrogen-bond donors (Lipinski definition) is 0. The van der Waals surface area contributed by atoms with Gasteiger partial charge in [-0.3, -0.25) is 4.79 Å². The monoisotopic (exact) mass is 394 g/mol. The number of nitrogens with zero attached hydrogens (tertiary/aromatic N) is 4. The summed E-state index contributed by atoms with van der Waals surface area (Å²) in [5.41, 5.74) is 3.53. The van der Waals surface area contributed by atoms with Gasteiger partial charge in [0.2, 0.25) is 5.91 Å². The van der Waals surface area contributed by atoms with Crippen LogP contribution in [0.4, 0.5) is 5.13 Å². The summed E-state index contributed by atoms with van der Waals surface area (Å²) in [7, 11) is 0. The molecule has 0 saturated carbocycles. The van der Waals surface area contributed by atoms with Crippen LogP contribution >= 0.6 is 11.3 Å². The van der Waals surface area contributed by atoms with Crippen LogP contribution in [0.3, 0.4) is 0 Å². The smallest absolute Gasteiger partial charge is 0.223 e. The topological polar surface area (TPSA) is 49.3 Å². The molecule has 1 saturated heterocycles. The van der Waals surface area contributed by atoms with Crippen molar-refractivity contribution in [2.75, 3.05) is 31.1 Å². The van der Waals surface area contributed by atoms with Crippen LogP contribution in [-0.4, -0.2) is 47.0 Å². The van der Waals surface area contributed by atoms with Crippen LogP contribution in [0.15, 0.2) is 42.6 Å². The predicted molar refractivity (Wildman–Crippen MR) is 115 cm³/mol. The van der Waals surface area contributed by atoms with E-state index in [-0.39, 0.29) is 5.91 Å². The summed E-state index contributed by atoms with van der Waals surface area (Å²) in [4.78, 5) is 26.9. The number of anilines is 1. The van der Waals surface area contributed by atoms with Crippen molar-refractivity contribution in [3.8, 4) is 0 Å². The van der Waals surface area contributed by atoms with Gasteiger partial charge in [-0.25, -0.2) is 9.97 Å². The maximum absolute atomic E-state index is 12.6. The molecule has 1 amide bonds. The zero-order chi connectivity index (χ0) is 19.5. The fourth-order valence-electron chi connectivity index (χ4n) is 3.52. The molecule has 5 nitrogen and oxygen atoms in total. The lowest BCUT2D eigenvalue weighted by Gasteiger charge is -2.34. The maximum Gasteiger partial charge on any atom is 0.223 e. The molecule has 28 heavy (non-hydrogen) atoms. The minimum atomic E-state index is 0.249. The van der Waals surface area contributed by atoms with E-state index in [4.69, 9.17) is 0 Å². The average Bonchev–Trinajstić information content (AvgIpc) is 3.16. The van der Waals surface area contributed by atoms with Crippen LogP contribution in [-0.2, 0) is 11.2 Å². The fraction of sp³-hybridized carbons (Fsp3) is 0.409. The highest BCUT2D eigenvalue weighted by Crippen LogP contribution is 2.27. The number of carbonyl (C=O) groups is 1. The van der Waals surface area contributed by atoms with E-state index in [0.29, 0.717) is 12.3 Å². The molecule has 0 spiro atoms. The highest BCUT2D eigenvalue weighted by atomic mass is 32.1. The minimum Gasteiger partial charge on any atom is -0.344 e. The molecular weight excluding hydrogens is 368 g/mol. The molecule has 0 atom stereocenters. The number of aryl methyl sites for hydroxylation is 1. The van der Waals surface area contributed by atoms with E-state index < -0.39 is 0 Å². The van der Waals surface area contributed by atoms with E-state index >= 15 is 0 Å². The molecule has 0 N–H and O–H groups in total. The first-order valence-electron chi connectivity index (χ1n) is 9.93. The zero-order valence-electron chi connectivity index (χ0n) is 16.5. The lowest BCUT2D eigenvalue weighted by molar-refractivity contribution is -0.131. The van der Waals surface area contributed by atoms with E-state index in [1.807, 2.05) is 17.0 Å². The molecule has 1 aromatic carbocycles. The van der Waals surface area contributed by atoms with Crippen molar-refractivity contribution in [3.63, 3.8) is 0 Å². The Kier molecular flexibility index (Phi) is 5.57. The summed E-state index contributed by atoms with van der Waals surface area (Å²) < 4.78 is 0. The van der Waals surface area contributed by atoms with Crippen LogP contribution in [0.1, 0.15) is 37.3 Å². The molecule has 4 rings (SSSR count). The Labute approximate surface area is 170 Å². The van der Waals surface area contributed by atoms with E-state index in [1.54, 1.807) is 17.5 Å². The Balaban J connectivity index is 1.28. The largest absolute Gasteiger partial charge is 0.344 e. The van der Waals surface area contributed by atoms with E-state index in [9.17, 15) is 4.79 Å². The summed E-state index contributed by atoms with van der Waals surface area (Å²) >= 11 is 1.62. The van der Waals surface area contributed by atoms with Gasteiger partial charge in [0.1, 0.15) is 10.3 Å². The van der Waals surface area contributed by atoms with E-state index in [2.05, 4.69) is 53.0 Å². The van der Waals surface area contributed by atoms with Gasteiger partial charge >= 0.3 is 0 Å². The first-order valence-corrected chi connectivity index (χ1v) is 10.7. The molecule has 146 valence electrons. The Morgan fingerprint density at radius 2 is 1.86 bits per heavy atom. The number of pyridine rings is 1. The number of carbonyl (C=O) groups excluding carboxylic acids is 1. The second kappa shape index (κ2) is 8.27.